The molecule has 0 radical (unpaired) electrons. The van der Waals surface area contributed by atoms with Crippen molar-refractivity contribution in [2.45, 2.75) is 24.9 Å². The molecule has 4 heterocycles. The van der Waals surface area contributed by atoms with Gasteiger partial charge < -0.3 is 9.88 Å². The molecule has 3 aromatic heterocycles. The molecule has 1 aliphatic heterocycles. The molecule has 10 heteroatoms. The number of nitrogens with zero attached hydrogens (tertiary/aromatic N) is 6. The minimum absolute atomic E-state index is 0.259. The Labute approximate surface area is 169 Å². The second-order valence-electron chi connectivity index (χ2n) is 7.74. The quantitative estimate of drug-likeness (QED) is 0.679. The molecule has 29 heavy (non-hydrogen) atoms. The zero-order valence-corrected chi connectivity index (χ0v) is 17.0. The normalized spacial score (nSPS) is 19.3. The summed E-state index contributed by atoms with van der Waals surface area (Å²) < 4.78 is 29.8. The van der Waals surface area contributed by atoms with Gasteiger partial charge in [0.15, 0.2) is 0 Å². The molecule has 5 rings (SSSR count). The number of aromatic nitrogens is 4. The Kier molecular flexibility index (Phi) is 4.30. The van der Waals surface area contributed by atoms with Gasteiger partial charge in [-0.15, -0.1) is 0 Å². The predicted octanol–water partition coefficient (Wildman–Crippen LogP) is 1.38. The highest BCUT2D eigenvalue weighted by Gasteiger charge is 2.56. The van der Waals surface area contributed by atoms with Crippen molar-refractivity contribution < 1.29 is 8.42 Å². The van der Waals surface area contributed by atoms with E-state index in [4.69, 9.17) is 0 Å². The summed E-state index contributed by atoms with van der Waals surface area (Å²) in [5.41, 5.74) is 1.17. The highest BCUT2D eigenvalue weighted by molar-refractivity contribution is 7.86. The zero-order chi connectivity index (χ0) is 20.1. The predicted molar refractivity (Wildman–Crippen MR) is 109 cm³/mol. The molecular weight excluding hydrogens is 390 g/mol. The van der Waals surface area contributed by atoms with Crippen LogP contribution in [0.2, 0.25) is 0 Å². The topological polar surface area (TPSA) is 98.3 Å². The summed E-state index contributed by atoms with van der Waals surface area (Å²) in [4.78, 5) is 18.3. The number of H-pyrrole nitrogens is 1. The highest BCUT2D eigenvalue weighted by Crippen LogP contribution is 2.47. The van der Waals surface area contributed by atoms with Gasteiger partial charge in [-0.1, -0.05) is 6.07 Å². The SMILES string of the molecule is CN(Cc1ccccn1)S(=O)(=O)N1CCN(c2ncnc3[nH]ccc23)CC12CC2. The Balaban J connectivity index is 1.38. The molecule has 0 unspecified atom stereocenters. The second kappa shape index (κ2) is 6.75. The van der Waals surface area contributed by atoms with Gasteiger partial charge in [-0.25, -0.2) is 9.97 Å². The van der Waals surface area contributed by atoms with Crippen LogP contribution < -0.4 is 4.90 Å². The molecule has 0 aromatic carbocycles. The van der Waals surface area contributed by atoms with Gasteiger partial charge >= 0.3 is 0 Å². The van der Waals surface area contributed by atoms with Crippen molar-refractivity contribution in [1.82, 2.24) is 28.5 Å². The van der Waals surface area contributed by atoms with Crippen LogP contribution in [0.1, 0.15) is 18.5 Å². The van der Waals surface area contributed by atoms with Crippen molar-refractivity contribution in [3.8, 4) is 0 Å². The highest BCUT2D eigenvalue weighted by atomic mass is 32.2. The third-order valence-electron chi connectivity index (χ3n) is 5.83. The maximum absolute atomic E-state index is 13.3. The number of pyridine rings is 1. The average Bonchev–Trinajstić information content (AvgIpc) is 3.29. The van der Waals surface area contributed by atoms with Gasteiger partial charge in [0.2, 0.25) is 0 Å². The van der Waals surface area contributed by atoms with Crippen molar-refractivity contribution in [2.24, 2.45) is 0 Å². The van der Waals surface area contributed by atoms with Crippen molar-refractivity contribution in [1.29, 1.82) is 0 Å². The van der Waals surface area contributed by atoms with Crippen molar-refractivity contribution >= 4 is 27.1 Å². The molecule has 1 aliphatic carbocycles. The summed E-state index contributed by atoms with van der Waals surface area (Å²) in [6, 6.07) is 7.50. The minimum Gasteiger partial charge on any atom is -0.353 e. The molecule has 2 aliphatic rings. The smallest absolute Gasteiger partial charge is 0.282 e. The van der Waals surface area contributed by atoms with Crippen LogP contribution in [0.15, 0.2) is 43.0 Å². The number of hydrogen-bond acceptors (Lipinski definition) is 6. The number of nitrogens with one attached hydrogen (secondary N) is 1. The second-order valence-corrected chi connectivity index (χ2v) is 9.70. The summed E-state index contributed by atoms with van der Waals surface area (Å²) in [6.45, 7) is 1.93. The Hall–Kier alpha value is -2.56. The summed E-state index contributed by atoms with van der Waals surface area (Å²) in [7, 11) is -1.96. The van der Waals surface area contributed by atoms with Crippen LogP contribution in [0, 0.1) is 0 Å². The Bertz CT molecular complexity index is 1130. The summed E-state index contributed by atoms with van der Waals surface area (Å²) in [5.74, 6) is 0.862. The number of aromatic amines is 1. The van der Waals surface area contributed by atoms with Crippen LogP contribution in [0.4, 0.5) is 5.82 Å². The van der Waals surface area contributed by atoms with Crippen molar-refractivity contribution in [3.05, 3.63) is 48.7 Å². The van der Waals surface area contributed by atoms with Crippen LogP contribution in [-0.2, 0) is 16.8 Å². The first-order valence-electron chi connectivity index (χ1n) is 9.67. The van der Waals surface area contributed by atoms with Crippen LogP contribution in [0.25, 0.3) is 11.0 Å². The third-order valence-corrected chi connectivity index (χ3v) is 7.87. The lowest BCUT2D eigenvalue weighted by Gasteiger charge is -2.43. The lowest BCUT2D eigenvalue weighted by Crippen LogP contribution is -2.59. The molecule has 152 valence electrons. The number of piperazine rings is 1. The van der Waals surface area contributed by atoms with Gasteiger partial charge in [-0.3, -0.25) is 4.98 Å². The Morgan fingerprint density at radius 2 is 2.03 bits per heavy atom. The fourth-order valence-electron chi connectivity index (χ4n) is 4.13. The standard InChI is InChI=1S/C19H23N7O2S/c1-24(12-15-4-2-3-8-20-15)29(27,28)26-11-10-25(13-19(26)6-7-19)18-16-5-9-21-17(16)22-14-23-18/h2-5,8-9,14H,6-7,10-13H2,1H3,(H,21,22,23). The van der Waals surface area contributed by atoms with Crippen LogP contribution in [0.3, 0.4) is 0 Å². The molecule has 3 aromatic rings. The lowest BCUT2D eigenvalue weighted by atomic mass is 10.2. The maximum atomic E-state index is 13.3. The minimum atomic E-state index is -3.58. The van der Waals surface area contributed by atoms with E-state index in [1.807, 2.05) is 30.5 Å². The summed E-state index contributed by atoms with van der Waals surface area (Å²) in [6.07, 6.45) is 6.81. The molecule has 9 nitrogen and oxygen atoms in total. The molecule has 1 saturated carbocycles. The summed E-state index contributed by atoms with van der Waals surface area (Å²) in [5, 5.41) is 0.965. The van der Waals surface area contributed by atoms with E-state index in [2.05, 4.69) is 24.8 Å². The van der Waals surface area contributed by atoms with Crippen molar-refractivity contribution in [3.63, 3.8) is 0 Å². The largest absolute Gasteiger partial charge is 0.353 e. The van der Waals surface area contributed by atoms with E-state index in [-0.39, 0.29) is 12.1 Å². The Morgan fingerprint density at radius 1 is 1.17 bits per heavy atom. The van der Waals surface area contributed by atoms with E-state index >= 15 is 0 Å². The van der Waals surface area contributed by atoms with Gasteiger partial charge in [0.1, 0.15) is 17.8 Å². The fourth-order valence-corrected chi connectivity index (χ4v) is 5.81. The zero-order valence-electron chi connectivity index (χ0n) is 16.2. The van der Waals surface area contributed by atoms with E-state index in [1.54, 1.807) is 23.9 Å². The molecule has 1 spiro atoms. The number of rotatable bonds is 5. The van der Waals surface area contributed by atoms with E-state index in [0.29, 0.717) is 19.6 Å². The fraction of sp³-hybridized carbons (Fsp3) is 0.421. The van der Waals surface area contributed by atoms with Gasteiger partial charge in [0.05, 0.1) is 23.2 Å². The lowest BCUT2D eigenvalue weighted by molar-refractivity contribution is 0.249. The van der Waals surface area contributed by atoms with E-state index in [1.165, 1.54) is 4.31 Å². The van der Waals surface area contributed by atoms with Gasteiger partial charge in [0.25, 0.3) is 10.2 Å². The molecule has 0 bridgehead atoms. The molecule has 0 amide bonds. The molecule has 0 atom stereocenters. The third kappa shape index (κ3) is 3.17. The molecule has 1 N–H and O–H groups in total. The first kappa shape index (κ1) is 18.5. The van der Waals surface area contributed by atoms with Crippen LogP contribution in [0.5, 0.6) is 0 Å². The Morgan fingerprint density at radius 3 is 2.79 bits per heavy atom. The molecule has 1 saturated heterocycles. The number of fused-ring (bicyclic) bond motifs is 1. The van der Waals surface area contributed by atoms with Crippen molar-refractivity contribution in [2.75, 3.05) is 31.6 Å². The van der Waals surface area contributed by atoms with Crippen LogP contribution >= 0.6 is 0 Å². The van der Waals surface area contributed by atoms with Gasteiger partial charge in [0, 0.05) is 39.1 Å². The number of hydrogen-bond donors (Lipinski definition) is 1. The van der Waals surface area contributed by atoms with Gasteiger partial charge in [-0.05, 0) is 31.0 Å². The summed E-state index contributed by atoms with van der Waals surface area (Å²) >= 11 is 0. The van der Waals surface area contributed by atoms with E-state index in [9.17, 15) is 8.42 Å². The first-order chi connectivity index (χ1) is 14.0. The number of anilines is 1. The first-order valence-corrected chi connectivity index (χ1v) is 11.1. The maximum Gasteiger partial charge on any atom is 0.282 e. The van der Waals surface area contributed by atoms with Crippen LogP contribution in [-0.4, -0.2) is 69.2 Å². The monoisotopic (exact) mass is 413 g/mol. The van der Waals surface area contributed by atoms with Gasteiger partial charge in [-0.2, -0.15) is 17.0 Å². The average molecular weight is 414 g/mol. The molecule has 2 fully saturated rings. The molecular formula is C19H23N7O2S. The van der Waals surface area contributed by atoms with E-state index in [0.717, 1.165) is 35.4 Å². The van der Waals surface area contributed by atoms with E-state index < -0.39 is 10.2 Å².